The van der Waals surface area contributed by atoms with Crippen molar-refractivity contribution < 1.29 is 0 Å². The van der Waals surface area contributed by atoms with Crippen molar-refractivity contribution in [2.45, 2.75) is 20.3 Å². The molecular weight excluding hydrogens is 390 g/mol. The summed E-state index contributed by atoms with van der Waals surface area (Å²) in [5, 5.41) is 2.93. The molecule has 0 saturated carbocycles. The minimum absolute atomic E-state index is 0.852. The van der Waals surface area contributed by atoms with Crippen molar-refractivity contribution in [3.63, 3.8) is 0 Å². The van der Waals surface area contributed by atoms with Gasteiger partial charge in [0.15, 0.2) is 14.8 Å². The van der Waals surface area contributed by atoms with Gasteiger partial charge in [0.2, 0.25) is 0 Å². The molecule has 7 nitrogen and oxygen atoms in total. The predicted octanol–water partition coefficient (Wildman–Crippen LogP) is 4.96. The van der Waals surface area contributed by atoms with Gasteiger partial charge < -0.3 is 14.5 Å². The van der Waals surface area contributed by atoms with Crippen molar-refractivity contribution in [1.29, 1.82) is 0 Å². The monoisotopic (exact) mass is 411 g/mol. The van der Waals surface area contributed by atoms with E-state index < -0.39 is 0 Å². The molecule has 0 radical (unpaired) electrons. The van der Waals surface area contributed by atoms with Gasteiger partial charge in [0.25, 0.3) is 0 Å². The maximum absolute atomic E-state index is 4.75. The number of aromatic amines is 1. The van der Waals surface area contributed by atoms with E-state index in [2.05, 4.69) is 33.8 Å². The zero-order valence-corrected chi connectivity index (χ0v) is 17.8. The van der Waals surface area contributed by atoms with Crippen molar-refractivity contribution in [2.24, 2.45) is 0 Å². The maximum atomic E-state index is 4.75. The van der Waals surface area contributed by atoms with Crippen LogP contribution in [0.5, 0.6) is 0 Å². The van der Waals surface area contributed by atoms with Crippen LogP contribution < -0.4 is 4.90 Å². The van der Waals surface area contributed by atoms with Crippen LogP contribution in [0.2, 0.25) is 0 Å². The van der Waals surface area contributed by atoms with Crippen LogP contribution in [0, 0.1) is 0 Å². The first kappa shape index (κ1) is 18.6. The lowest BCUT2D eigenvalue weighted by atomic mass is 10.2. The van der Waals surface area contributed by atoms with Crippen LogP contribution in [0.15, 0.2) is 37.2 Å². The fourth-order valence-electron chi connectivity index (χ4n) is 2.73. The molecule has 5 aromatic rings. The summed E-state index contributed by atoms with van der Waals surface area (Å²) in [5.74, 6) is 0. The van der Waals surface area contributed by atoms with Gasteiger partial charge in [-0.15, -0.1) is 0 Å². The molecule has 28 heavy (non-hydrogen) atoms. The molecule has 0 amide bonds. The Hall–Kier alpha value is -2.78. The molecule has 0 aromatic carbocycles. The van der Waals surface area contributed by atoms with Gasteiger partial charge in [-0.2, -0.15) is 0 Å². The molecule has 144 valence electrons. The van der Waals surface area contributed by atoms with Gasteiger partial charge in [0.1, 0.15) is 10.7 Å². The van der Waals surface area contributed by atoms with Gasteiger partial charge in [-0.3, -0.25) is 0 Å². The summed E-state index contributed by atoms with van der Waals surface area (Å²) in [4.78, 5) is 25.4. The number of hydrogen-bond acceptors (Lipinski definition) is 7. The summed E-state index contributed by atoms with van der Waals surface area (Å²) in [6.07, 6.45) is 10.5. The minimum atomic E-state index is 0.852. The second kappa shape index (κ2) is 7.69. The van der Waals surface area contributed by atoms with Crippen LogP contribution in [0.4, 0.5) is 5.13 Å². The van der Waals surface area contributed by atoms with Crippen molar-refractivity contribution in [3.8, 4) is 16.4 Å². The summed E-state index contributed by atoms with van der Waals surface area (Å²) < 4.78 is 1.96. The Balaban J connectivity index is 0.000000604. The number of thiazole rings is 2. The lowest BCUT2D eigenvalue weighted by molar-refractivity contribution is 1.05. The molecular formula is C19H21N7S2. The number of nitrogens with zero attached hydrogens (tertiary/aromatic N) is 6. The van der Waals surface area contributed by atoms with Crippen LogP contribution in [0.1, 0.15) is 20.3 Å². The van der Waals surface area contributed by atoms with Crippen LogP contribution in [0.3, 0.4) is 0 Å². The molecule has 5 aromatic heterocycles. The normalized spacial score (nSPS) is 11.0. The van der Waals surface area contributed by atoms with E-state index in [9.17, 15) is 0 Å². The summed E-state index contributed by atoms with van der Waals surface area (Å²) in [6, 6.07) is 2.05. The Morgan fingerprint density at radius 2 is 1.93 bits per heavy atom. The highest BCUT2D eigenvalue weighted by atomic mass is 32.1. The first-order chi connectivity index (χ1) is 13.6. The van der Waals surface area contributed by atoms with Crippen molar-refractivity contribution in [2.75, 3.05) is 19.0 Å². The molecule has 0 aliphatic heterocycles. The number of imidazole rings is 1. The van der Waals surface area contributed by atoms with Gasteiger partial charge in [-0.25, -0.2) is 19.9 Å². The third-order valence-corrected chi connectivity index (χ3v) is 6.11. The number of H-pyrrole nitrogens is 1. The number of pyridine rings is 1. The summed E-state index contributed by atoms with van der Waals surface area (Å²) >= 11 is 3.16. The maximum Gasteiger partial charge on any atom is 0.188 e. The average molecular weight is 412 g/mol. The lowest BCUT2D eigenvalue weighted by Gasteiger charge is -2.06. The molecule has 0 saturated heterocycles. The Kier molecular flexibility index (Phi) is 5.10. The van der Waals surface area contributed by atoms with E-state index in [0.29, 0.717) is 0 Å². The zero-order valence-electron chi connectivity index (χ0n) is 16.2. The molecule has 0 aliphatic rings. The van der Waals surface area contributed by atoms with Crippen LogP contribution in [0.25, 0.3) is 37.0 Å². The van der Waals surface area contributed by atoms with Crippen LogP contribution >= 0.6 is 22.7 Å². The predicted molar refractivity (Wildman–Crippen MR) is 118 cm³/mol. The standard InChI is InChI=1S/C16H13N7S2.C3H8/c1-22(2)16-21-15-14(25-16)20-13(24-15)12-11-9(3-4-18-11)10(7-19-12)23-6-5-17-8-23;1-3-2/h3-8,18H,1-2H3;3H2,1-2H3. The van der Waals surface area contributed by atoms with E-state index in [1.54, 1.807) is 35.2 Å². The highest BCUT2D eigenvalue weighted by molar-refractivity contribution is 7.29. The molecule has 0 atom stereocenters. The number of hydrogen-bond donors (Lipinski definition) is 1. The molecule has 0 fully saturated rings. The van der Waals surface area contributed by atoms with Crippen molar-refractivity contribution >= 4 is 48.4 Å². The molecule has 0 aliphatic carbocycles. The summed E-state index contributed by atoms with van der Waals surface area (Å²) in [5.41, 5.74) is 2.81. The summed E-state index contributed by atoms with van der Waals surface area (Å²) in [6.45, 7) is 4.25. The van der Waals surface area contributed by atoms with Gasteiger partial charge in [-0.1, -0.05) is 42.9 Å². The lowest BCUT2D eigenvalue weighted by Crippen LogP contribution is -2.07. The first-order valence-electron chi connectivity index (χ1n) is 9.01. The Morgan fingerprint density at radius 3 is 2.61 bits per heavy atom. The minimum Gasteiger partial charge on any atom is -0.359 e. The van der Waals surface area contributed by atoms with Gasteiger partial charge in [0.05, 0.1) is 23.7 Å². The third-order valence-electron chi connectivity index (χ3n) is 3.91. The van der Waals surface area contributed by atoms with E-state index in [1.807, 2.05) is 48.2 Å². The molecule has 0 unspecified atom stereocenters. The van der Waals surface area contributed by atoms with Crippen LogP contribution in [-0.4, -0.2) is 43.6 Å². The highest BCUT2D eigenvalue weighted by Crippen LogP contribution is 2.37. The van der Waals surface area contributed by atoms with E-state index in [-0.39, 0.29) is 0 Å². The zero-order chi connectivity index (χ0) is 19.7. The number of rotatable bonds is 3. The molecule has 0 bridgehead atoms. The van der Waals surface area contributed by atoms with Crippen molar-refractivity contribution in [3.05, 3.63) is 37.2 Å². The molecule has 0 spiro atoms. The highest BCUT2D eigenvalue weighted by Gasteiger charge is 2.17. The Bertz CT molecular complexity index is 1170. The van der Waals surface area contributed by atoms with E-state index in [4.69, 9.17) is 4.98 Å². The van der Waals surface area contributed by atoms with Crippen LogP contribution in [-0.2, 0) is 0 Å². The molecule has 1 N–H and O–H groups in total. The van der Waals surface area contributed by atoms with Gasteiger partial charge in [0, 0.05) is 38.1 Å². The Labute approximate surface area is 170 Å². The Morgan fingerprint density at radius 1 is 1.14 bits per heavy atom. The van der Waals surface area contributed by atoms with Crippen molar-refractivity contribution in [1.82, 2.24) is 29.5 Å². The molecule has 5 rings (SSSR count). The molecule has 5 heterocycles. The second-order valence-corrected chi connectivity index (χ2v) is 8.39. The van der Waals surface area contributed by atoms with E-state index in [0.717, 1.165) is 42.1 Å². The molecule has 9 heteroatoms. The number of aromatic nitrogens is 6. The van der Waals surface area contributed by atoms with E-state index >= 15 is 0 Å². The topological polar surface area (TPSA) is 75.5 Å². The average Bonchev–Trinajstić information content (AvgIpc) is 3.43. The van der Waals surface area contributed by atoms with Gasteiger partial charge in [-0.05, 0) is 6.07 Å². The fraction of sp³-hybridized carbons (Fsp3) is 0.263. The fourth-order valence-corrected chi connectivity index (χ4v) is 4.70. The smallest absolute Gasteiger partial charge is 0.188 e. The number of nitrogens with one attached hydrogen (secondary N) is 1. The quantitative estimate of drug-likeness (QED) is 0.454. The third kappa shape index (κ3) is 3.27. The SMILES string of the molecule is CCC.CN(C)c1nc2sc(-c3ncc(-n4ccnc4)c4cc[nH]c34)nc2s1. The second-order valence-electron chi connectivity index (χ2n) is 6.46. The first-order valence-corrected chi connectivity index (χ1v) is 10.6. The number of anilines is 1. The van der Waals surface area contributed by atoms with Gasteiger partial charge >= 0.3 is 0 Å². The largest absolute Gasteiger partial charge is 0.359 e. The van der Waals surface area contributed by atoms with E-state index in [1.165, 1.54) is 6.42 Å². The number of fused-ring (bicyclic) bond motifs is 2. The summed E-state index contributed by atoms with van der Waals surface area (Å²) in [7, 11) is 3.98.